The fourth-order valence-corrected chi connectivity index (χ4v) is 10.3. The summed E-state index contributed by atoms with van der Waals surface area (Å²) in [5, 5.41) is 0. The Hall–Kier alpha value is -2.55. The number of quaternary nitrogens is 1. The van der Waals surface area contributed by atoms with Crippen molar-refractivity contribution < 1.29 is 42.1 Å². The lowest BCUT2D eigenvalue weighted by Crippen LogP contribution is -2.37. The number of carbonyl (C=O) groups is 2. The van der Waals surface area contributed by atoms with Crippen LogP contribution in [0.1, 0.15) is 309 Å². The molecule has 0 bridgehead atoms. The molecule has 0 saturated heterocycles. The molecule has 2 atom stereocenters. The number of hydrogen-bond donors (Lipinski definition) is 0. The van der Waals surface area contributed by atoms with Crippen LogP contribution in [-0.4, -0.2) is 70.0 Å². The van der Waals surface area contributed by atoms with Crippen LogP contribution in [0.3, 0.4) is 0 Å². The highest BCUT2D eigenvalue weighted by Gasteiger charge is 2.22. The Balaban J connectivity index is 4.07. The number of esters is 2. The Kier molecular flexibility index (Phi) is 59.1. The zero-order valence-corrected chi connectivity index (χ0v) is 53.9. The first-order chi connectivity index (χ1) is 39.0. The Morgan fingerprint density at radius 2 is 0.713 bits per heavy atom. The summed E-state index contributed by atoms with van der Waals surface area (Å²) in [5.74, 6) is -0.823. The van der Waals surface area contributed by atoms with Gasteiger partial charge in [0.2, 0.25) is 0 Å². The van der Waals surface area contributed by atoms with Gasteiger partial charge in [-0.15, -0.1) is 0 Å². The molecule has 0 aromatic rings. The van der Waals surface area contributed by atoms with Gasteiger partial charge in [-0.3, -0.25) is 14.2 Å². The Labute approximate surface area is 495 Å². The van der Waals surface area contributed by atoms with Crippen molar-refractivity contribution in [2.75, 3.05) is 47.5 Å². The summed E-state index contributed by atoms with van der Waals surface area (Å²) in [4.78, 5) is 38.0. The van der Waals surface area contributed by atoms with E-state index in [-0.39, 0.29) is 32.0 Å². The van der Waals surface area contributed by atoms with Gasteiger partial charge in [0.25, 0.3) is 7.82 Å². The van der Waals surface area contributed by atoms with Crippen LogP contribution in [0.4, 0.5) is 0 Å². The molecule has 0 heterocycles. The first kappa shape index (κ1) is 77.5. The fourth-order valence-electron chi connectivity index (χ4n) is 9.60. The molecule has 0 amide bonds. The van der Waals surface area contributed by atoms with Crippen LogP contribution in [-0.2, 0) is 32.7 Å². The van der Waals surface area contributed by atoms with Gasteiger partial charge in [-0.05, 0) is 64.2 Å². The summed E-state index contributed by atoms with van der Waals surface area (Å²) >= 11 is 0. The molecule has 2 unspecified atom stereocenters. The lowest BCUT2D eigenvalue weighted by Gasteiger charge is -2.28. The molecule has 0 aromatic heterocycles. The third-order valence-electron chi connectivity index (χ3n) is 14.7. The number of carbonyl (C=O) groups excluding carboxylic acids is 2. The summed E-state index contributed by atoms with van der Waals surface area (Å²) in [7, 11) is 1.17. The molecule has 0 rings (SSSR count). The van der Waals surface area contributed by atoms with Crippen LogP contribution < -0.4 is 4.89 Å². The van der Waals surface area contributed by atoms with Crippen LogP contribution in [0, 0.1) is 0 Å². The van der Waals surface area contributed by atoms with Gasteiger partial charge >= 0.3 is 11.9 Å². The van der Waals surface area contributed by atoms with Gasteiger partial charge in [0, 0.05) is 12.8 Å². The van der Waals surface area contributed by atoms with Crippen molar-refractivity contribution in [2.45, 2.75) is 315 Å². The van der Waals surface area contributed by atoms with E-state index in [2.05, 4.69) is 86.8 Å². The van der Waals surface area contributed by atoms with Crippen molar-refractivity contribution in [3.05, 3.63) is 72.9 Å². The second-order valence-electron chi connectivity index (χ2n) is 23.8. The number of unbranched alkanes of at least 4 members (excludes halogenated alkanes) is 36. The largest absolute Gasteiger partial charge is 0.756 e. The van der Waals surface area contributed by atoms with E-state index in [1.807, 2.05) is 21.1 Å². The minimum absolute atomic E-state index is 0.0316. The van der Waals surface area contributed by atoms with Crippen molar-refractivity contribution in [2.24, 2.45) is 0 Å². The van der Waals surface area contributed by atoms with Gasteiger partial charge < -0.3 is 27.9 Å². The van der Waals surface area contributed by atoms with E-state index >= 15 is 0 Å². The van der Waals surface area contributed by atoms with E-state index in [0.29, 0.717) is 17.4 Å². The zero-order chi connectivity index (χ0) is 58.4. The quantitative estimate of drug-likeness (QED) is 0.0195. The number of hydrogen-bond acceptors (Lipinski definition) is 8. The summed E-state index contributed by atoms with van der Waals surface area (Å²) in [5.41, 5.74) is 0. The first-order valence-electron chi connectivity index (χ1n) is 33.6. The van der Waals surface area contributed by atoms with Crippen LogP contribution >= 0.6 is 7.82 Å². The maximum Gasteiger partial charge on any atom is 0.306 e. The van der Waals surface area contributed by atoms with Crippen molar-refractivity contribution in [3.63, 3.8) is 0 Å². The molecule has 0 aliphatic rings. The van der Waals surface area contributed by atoms with Gasteiger partial charge in [-0.25, -0.2) is 0 Å². The summed E-state index contributed by atoms with van der Waals surface area (Å²) in [6, 6.07) is 0. The van der Waals surface area contributed by atoms with Crippen molar-refractivity contribution in [3.8, 4) is 0 Å². The first-order valence-corrected chi connectivity index (χ1v) is 35.1. The molecule has 0 aliphatic heterocycles. The van der Waals surface area contributed by atoms with Crippen LogP contribution in [0.25, 0.3) is 0 Å². The van der Waals surface area contributed by atoms with E-state index in [1.165, 1.54) is 199 Å². The van der Waals surface area contributed by atoms with Gasteiger partial charge in [0.15, 0.2) is 6.10 Å². The van der Waals surface area contributed by atoms with Gasteiger partial charge in [0.1, 0.15) is 19.8 Å². The lowest BCUT2D eigenvalue weighted by molar-refractivity contribution is -0.870. The van der Waals surface area contributed by atoms with Gasteiger partial charge in [0.05, 0.1) is 27.7 Å². The van der Waals surface area contributed by atoms with Crippen molar-refractivity contribution >= 4 is 19.8 Å². The molecule has 466 valence electrons. The predicted molar refractivity (Wildman–Crippen MR) is 342 cm³/mol. The molecule has 9 nitrogen and oxygen atoms in total. The van der Waals surface area contributed by atoms with E-state index in [1.54, 1.807) is 0 Å². The SMILES string of the molecule is CC/C=C\C/C=C\C/C=C\C/C=C\C/C=C\C/C=C\CCCCCCCCCCCCCCC(=O)OC(COC(=O)CCCCCCCCCCCCCCCCCCCCCCCCCCC)COP(=O)([O-])OCC[N+](C)(C)C. The number of allylic oxidation sites excluding steroid dienone is 12. The number of nitrogens with zero attached hydrogens (tertiary/aromatic N) is 1. The summed E-state index contributed by atoms with van der Waals surface area (Å²) < 4.78 is 34.3. The number of rotatable bonds is 62. The highest BCUT2D eigenvalue weighted by atomic mass is 31.2. The monoisotopic (exact) mass is 1140 g/mol. The average molecular weight is 1140 g/mol. The van der Waals surface area contributed by atoms with E-state index in [4.69, 9.17) is 18.5 Å². The second kappa shape index (κ2) is 61.0. The zero-order valence-electron chi connectivity index (χ0n) is 53.0. The molecule has 0 radical (unpaired) electrons. The smallest absolute Gasteiger partial charge is 0.306 e. The molecule has 80 heavy (non-hydrogen) atoms. The number of phosphoric ester groups is 1. The molecule has 0 aliphatic carbocycles. The molecule has 0 saturated carbocycles. The molecule has 0 fully saturated rings. The minimum atomic E-state index is -4.64. The number of likely N-dealkylation sites (N-methyl/N-ethyl adjacent to an activating group) is 1. The third-order valence-corrected chi connectivity index (χ3v) is 15.7. The molecule has 10 heteroatoms. The lowest BCUT2D eigenvalue weighted by atomic mass is 10.0. The third kappa shape index (κ3) is 64.6. The highest BCUT2D eigenvalue weighted by Crippen LogP contribution is 2.38. The van der Waals surface area contributed by atoms with Gasteiger partial charge in [-0.1, -0.05) is 305 Å². The average Bonchev–Trinajstić information content (AvgIpc) is 3.42. The maximum absolute atomic E-state index is 12.9. The molecule has 0 aromatic carbocycles. The van der Waals surface area contributed by atoms with Crippen molar-refractivity contribution in [1.82, 2.24) is 0 Å². The van der Waals surface area contributed by atoms with Crippen molar-refractivity contribution in [1.29, 1.82) is 0 Å². The second-order valence-corrected chi connectivity index (χ2v) is 25.2. The maximum atomic E-state index is 12.9. The van der Waals surface area contributed by atoms with Gasteiger partial charge in [-0.2, -0.15) is 0 Å². The number of ether oxygens (including phenoxy) is 2. The van der Waals surface area contributed by atoms with Crippen LogP contribution in [0.15, 0.2) is 72.9 Å². The minimum Gasteiger partial charge on any atom is -0.756 e. The van der Waals surface area contributed by atoms with E-state index in [9.17, 15) is 19.0 Å². The summed E-state index contributed by atoms with van der Waals surface area (Å²) in [6.45, 7) is 4.17. The molecular weight excluding hydrogens is 1010 g/mol. The molecule has 0 N–H and O–H groups in total. The molecular formula is C70H128NO8P. The van der Waals surface area contributed by atoms with Crippen LogP contribution in [0.2, 0.25) is 0 Å². The fraction of sp³-hybridized carbons (Fsp3) is 0.800. The summed E-state index contributed by atoms with van der Waals surface area (Å²) in [6.07, 6.45) is 81.1. The van der Waals surface area contributed by atoms with E-state index < -0.39 is 26.5 Å². The Morgan fingerprint density at radius 1 is 0.400 bits per heavy atom. The van der Waals surface area contributed by atoms with E-state index in [0.717, 1.165) is 77.0 Å². The predicted octanol–water partition coefficient (Wildman–Crippen LogP) is 21.0. The Morgan fingerprint density at radius 3 is 1.06 bits per heavy atom. The topological polar surface area (TPSA) is 111 Å². The standard InChI is InChI=1S/C70H128NO8P/c1-6-8-10-12-14-16-18-20-22-24-26-28-30-32-33-34-35-36-37-39-41-43-45-47-49-51-53-55-57-59-61-63-70(73)79-68(67-78-80(74,75)77-65-64-71(3,4)5)66-76-69(72)62-60-58-56-54-52-50-48-46-44-42-40-38-31-29-27-25-23-21-19-17-15-13-11-9-7-2/h8,10,14,16,20,22,26,28,32-33,35-36,68H,6-7,9,11-13,15,17-19,21,23-25,27,29-31,34,37-67H2,1-5H3/b10-8-,16-14-,22-20-,28-26-,33-32-,36-35-. The van der Waals surface area contributed by atoms with Crippen LogP contribution in [0.5, 0.6) is 0 Å². The highest BCUT2D eigenvalue weighted by molar-refractivity contribution is 7.45. The number of phosphoric acid groups is 1. The molecule has 0 spiro atoms. The normalized spacial score (nSPS) is 13.6. The Bertz CT molecular complexity index is 1580.